The monoisotopic (exact) mass is 289 g/mol. The molecule has 0 saturated heterocycles. The van der Waals surface area contributed by atoms with Crippen LogP contribution >= 0.6 is 0 Å². The minimum absolute atomic E-state index is 0.524. The van der Waals surface area contributed by atoms with Gasteiger partial charge in [0.2, 0.25) is 0 Å². The maximum absolute atomic E-state index is 11.9. The van der Waals surface area contributed by atoms with E-state index in [9.17, 15) is 4.79 Å². The van der Waals surface area contributed by atoms with Crippen LogP contribution in [0.15, 0.2) is 30.6 Å². The zero-order chi connectivity index (χ0) is 15.6. The summed E-state index contributed by atoms with van der Waals surface area (Å²) in [6, 6.07) is 5.34. The van der Waals surface area contributed by atoms with Crippen molar-refractivity contribution in [3.63, 3.8) is 0 Å². The molecule has 0 atom stereocenters. The van der Waals surface area contributed by atoms with Crippen LogP contribution in [-0.2, 0) is 4.74 Å². The molecule has 6 heteroatoms. The average Bonchev–Trinajstić information content (AvgIpc) is 2.85. The van der Waals surface area contributed by atoms with Crippen LogP contribution in [0.4, 0.5) is 10.5 Å². The molecule has 0 aliphatic rings. The number of nitrogens with two attached hydrogens (primary N) is 1. The van der Waals surface area contributed by atoms with Crippen molar-refractivity contribution in [3.8, 4) is 16.9 Å². The normalized spacial score (nSPS) is 11.2. The van der Waals surface area contributed by atoms with Crippen molar-refractivity contribution in [2.75, 3.05) is 12.8 Å². The van der Waals surface area contributed by atoms with Gasteiger partial charge in [0.1, 0.15) is 11.4 Å². The Hall–Kier alpha value is -2.50. The molecule has 1 aromatic heterocycles. The first-order chi connectivity index (χ1) is 9.78. The molecule has 1 aromatic carbocycles. The van der Waals surface area contributed by atoms with Crippen LogP contribution in [0.25, 0.3) is 11.1 Å². The zero-order valence-corrected chi connectivity index (χ0v) is 12.6. The van der Waals surface area contributed by atoms with Gasteiger partial charge in [-0.2, -0.15) is 9.78 Å². The van der Waals surface area contributed by atoms with Gasteiger partial charge in [-0.15, -0.1) is 0 Å². The van der Waals surface area contributed by atoms with Gasteiger partial charge in [-0.3, -0.25) is 0 Å². The number of aromatic nitrogens is 2. The summed E-state index contributed by atoms with van der Waals surface area (Å²) in [5, 5.41) is 4.02. The predicted octanol–water partition coefficient (Wildman–Crippen LogP) is 2.92. The summed E-state index contributed by atoms with van der Waals surface area (Å²) in [5.41, 5.74) is 7.41. The molecule has 2 rings (SSSR count). The summed E-state index contributed by atoms with van der Waals surface area (Å²) in [7, 11) is 1.57. The lowest BCUT2D eigenvalue weighted by atomic mass is 10.1. The van der Waals surface area contributed by atoms with Crippen molar-refractivity contribution in [3.05, 3.63) is 30.6 Å². The highest BCUT2D eigenvalue weighted by atomic mass is 16.6. The molecule has 0 unspecified atom stereocenters. The van der Waals surface area contributed by atoms with Gasteiger partial charge in [0, 0.05) is 23.5 Å². The number of carbonyl (C=O) groups is 1. The van der Waals surface area contributed by atoms with E-state index in [1.165, 1.54) is 0 Å². The van der Waals surface area contributed by atoms with Gasteiger partial charge in [0.15, 0.2) is 0 Å². The van der Waals surface area contributed by atoms with E-state index >= 15 is 0 Å². The molecule has 112 valence electrons. The Morgan fingerprint density at radius 2 is 1.95 bits per heavy atom. The minimum atomic E-state index is -0.566. The highest BCUT2D eigenvalue weighted by molar-refractivity contribution is 5.74. The second-order valence-electron chi connectivity index (χ2n) is 5.65. The summed E-state index contributed by atoms with van der Waals surface area (Å²) in [4.78, 5) is 11.9. The summed E-state index contributed by atoms with van der Waals surface area (Å²) in [5.74, 6) is 0.648. The Bertz CT molecular complexity index is 656. The van der Waals surface area contributed by atoms with Gasteiger partial charge < -0.3 is 15.2 Å². The highest BCUT2D eigenvalue weighted by Crippen LogP contribution is 2.27. The number of ether oxygens (including phenoxy) is 2. The van der Waals surface area contributed by atoms with Crippen LogP contribution in [0.2, 0.25) is 0 Å². The van der Waals surface area contributed by atoms with Crippen molar-refractivity contribution >= 4 is 11.8 Å². The lowest BCUT2D eigenvalue weighted by Crippen LogP contribution is -2.27. The number of rotatable bonds is 2. The number of hydrogen-bond donors (Lipinski definition) is 1. The quantitative estimate of drug-likeness (QED) is 0.860. The Balaban J connectivity index is 2.28. The van der Waals surface area contributed by atoms with E-state index in [-0.39, 0.29) is 0 Å². The van der Waals surface area contributed by atoms with Crippen LogP contribution < -0.4 is 10.5 Å². The first-order valence-corrected chi connectivity index (χ1v) is 6.51. The first-order valence-electron chi connectivity index (χ1n) is 6.51. The SMILES string of the molecule is COc1cc(N)cc(-c2cnn(C(=O)OC(C)(C)C)c2)c1. The van der Waals surface area contributed by atoms with Crippen molar-refractivity contribution in [1.29, 1.82) is 0 Å². The fourth-order valence-electron chi connectivity index (χ4n) is 1.79. The van der Waals surface area contributed by atoms with Gasteiger partial charge in [-0.1, -0.05) is 0 Å². The molecule has 6 nitrogen and oxygen atoms in total. The van der Waals surface area contributed by atoms with E-state index in [2.05, 4.69) is 5.10 Å². The maximum atomic E-state index is 11.9. The first kappa shape index (κ1) is 14.9. The van der Waals surface area contributed by atoms with Gasteiger partial charge >= 0.3 is 6.09 Å². The van der Waals surface area contributed by atoms with E-state index < -0.39 is 11.7 Å². The van der Waals surface area contributed by atoms with Crippen molar-refractivity contribution in [2.24, 2.45) is 0 Å². The molecule has 0 aliphatic heterocycles. The summed E-state index contributed by atoms with van der Waals surface area (Å²) in [6.45, 7) is 5.41. The predicted molar refractivity (Wildman–Crippen MR) is 80.3 cm³/mol. The fraction of sp³-hybridized carbons (Fsp3) is 0.333. The Labute approximate surface area is 123 Å². The lowest BCUT2D eigenvalue weighted by molar-refractivity contribution is 0.0514. The molecule has 2 aromatic rings. The molecule has 0 spiro atoms. The number of benzene rings is 1. The number of nitrogens with zero attached hydrogens (tertiary/aromatic N) is 2. The van der Waals surface area contributed by atoms with E-state index in [0.29, 0.717) is 11.4 Å². The highest BCUT2D eigenvalue weighted by Gasteiger charge is 2.18. The molecule has 0 saturated carbocycles. The summed E-state index contributed by atoms with van der Waals surface area (Å²) in [6.07, 6.45) is 2.66. The van der Waals surface area contributed by atoms with Gasteiger partial charge in [-0.25, -0.2) is 4.79 Å². The molecule has 0 radical (unpaired) electrons. The largest absolute Gasteiger partial charge is 0.497 e. The zero-order valence-electron chi connectivity index (χ0n) is 12.6. The number of nitrogen functional groups attached to an aromatic ring is 1. The molecular weight excluding hydrogens is 270 g/mol. The molecule has 0 amide bonds. The van der Waals surface area contributed by atoms with E-state index in [0.717, 1.165) is 15.8 Å². The van der Waals surface area contributed by atoms with Crippen molar-refractivity contribution in [2.45, 2.75) is 26.4 Å². The van der Waals surface area contributed by atoms with Gasteiger partial charge in [0.25, 0.3) is 0 Å². The van der Waals surface area contributed by atoms with Crippen molar-refractivity contribution in [1.82, 2.24) is 9.78 Å². The van der Waals surface area contributed by atoms with E-state index in [1.54, 1.807) is 52.4 Å². The molecule has 0 fully saturated rings. The minimum Gasteiger partial charge on any atom is -0.497 e. The van der Waals surface area contributed by atoms with Crippen LogP contribution in [0.5, 0.6) is 5.75 Å². The topological polar surface area (TPSA) is 79.4 Å². The average molecular weight is 289 g/mol. The van der Waals surface area contributed by atoms with Crippen LogP contribution in [-0.4, -0.2) is 28.6 Å². The van der Waals surface area contributed by atoms with Gasteiger partial charge in [0.05, 0.1) is 13.3 Å². The standard InChI is InChI=1S/C15H19N3O3/c1-15(2,3)21-14(19)18-9-11(8-17-18)10-5-12(16)7-13(6-10)20-4/h5-9H,16H2,1-4H3. The number of carbonyl (C=O) groups excluding carboxylic acids is 1. The Kier molecular flexibility index (Phi) is 3.88. The second kappa shape index (κ2) is 5.47. The maximum Gasteiger partial charge on any atom is 0.435 e. The van der Waals surface area contributed by atoms with E-state index in [1.807, 2.05) is 6.07 Å². The van der Waals surface area contributed by atoms with Gasteiger partial charge in [-0.05, 0) is 38.5 Å². The molecule has 0 aliphatic carbocycles. The molecule has 2 N–H and O–H groups in total. The molecule has 21 heavy (non-hydrogen) atoms. The third kappa shape index (κ3) is 3.75. The molecular formula is C15H19N3O3. The van der Waals surface area contributed by atoms with E-state index in [4.69, 9.17) is 15.2 Å². The third-order valence-corrected chi connectivity index (χ3v) is 2.66. The molecule has 1 heterocycles. The fourth-order valence-corrected chi connectivity index (χ4v) is 1.79. The molecule has 0 bridgehead atoms. The van der Waals surface area contributed by atoms with Crippen molar-refractivity contribution < 1.29 is 14.3 Å². The third-order valence-electron chi connectivity index (χ3n) is 2.66. The van der Waals surface area contributed by atoms with Crippen LogP contribution in [0, 0.1) is 0 Å². The number of anilines is 1. The van der Waals surface area contributed by atoms with Crippen LogP contribution in [0.3, 0.4) is 0 Å². The smallest absolute Gasteiger partial charge is 0.435 e. The Morgan fingerprint density at radius 1 is 1.24 bits per heavy atom. The Morgan fingerprint density at radius 3 is 2.57 bits per heavy atom. The lowest BCUT2D eigenvalue weighted by Gasteiger charge is -2.18. The second-order valence-corrected chi connectivity index (χ2v) is 5.65. The number of methoxy groups -OCH3 is 1. The summed E-state index contributed by atoms with van der Waals surface area (Å²) >= 11 is 0. The summed E-state index contributed by atoms with van der Waals surface area (Å²) < 4.78 is 11.6. The number of hydrogen-bond acceptors (Lipinski definition) is 5. The van der Waals surface area contributed by atoms with Crippen LogP contribution in [0.1, 0.15) is 20.8 Å².